The van der Waals surface area contributed by atoms with E-state index in [2.05, 4.69) is 10.1 Å². The van der Waals surface area contributed by atoms with E-state index >= 15 is 0 Å². The van der Waals surface area contributed by atoms with Crippen LogP contribution in [-0.4, -0.2) is 44.1 Å². The van der Waals surface area contributed by atoms with E-state index in [9.17, 15) is 14.4 Å². The molecule has 0 bridgehead atoms. The first kappa shape index (κ1) is 17.0. The van der Waals surface area contributed by atoms with Crippen molar-refractivity contribution in [1.29, 1.82) is 0 Å². The third-order valence-electron chi connectivity index (χ3n) is 3.43. The average molecular weight is 320 g/mol. The predicted molar refractivity (Wildman–Crippen MR) is 83.1 cm³/mol. The minimum Gasteiger partial charge on any atom is -0.494 e. The Kier molecular flexibility index (Phi) is 5.70. The molecule has 7 nitrogen and oxygen atoms in total. The van der Waals surface area contributed by atoms with E-state index in [0.717, 1.165) is 11.3 Å². The van der Waals surface area contributed by atoms with Gasteiger partial charge in [-0.15, -0.1) is 0 Å². The molecule has 1 N–H and O–H groups in total. The van der Waals surface area contributed by atoms with Gasteiger partial charge in [0.2, 0.25) is 5.91 Å². The maximum Gasteiger partial charge on any atom is 0.319 e. The maximum atomic E-state index is 12.3. The highest BCUT2D eigenvalue weighted by Crippen LogP contribution is 2.25. The summed E-state index contributed by atoms with van der Waals surface area (Å²) in [6, 6.07) is 6.08. The zero-order valence-electron chi connectivity index (χ0n) is 13.2. The lowest BCUT2D eigenvalue weighted by molar-refractivity contribution is -0.139. The summed E-state index contributed by atoms with van der Waals surface area (Å²) in [4.78, 5) is 36.7. The summed E-state index contributed by atoms with van der Waals surface area (Å²) in [7, 11) is 1.26. The minimum atomic E-state index is -0.711. The molecular formula is C16H20N2O5. The Morgan fingerprint density at radius 1 is 1.30 bits per heavy atom. The van der Waals surface area contributed by atoms with Crippen LogP contribution in [0.15, 0.2) is 24.3 Å². The number of esters is 1. The molecule has 1 fully saturated rings. The fourth-order valence-corrected chi connectivity index (χ4v) is 2.25. The first-order valence-corrected chi connectivity index (χ1v) is 7.46. The number of benzene rings is 1. The number of carbonyl (C=O) groups is 3. The molecule has 0 saturated carbocycles. The van der Waals surface area contributed by atoms with Crippen LogP contribution in [0.1, 0.15) is 19.8 Å². The van der Waals surface area contributed by atoms with Gasteiger partial charge in [-0.25, -0.2) is 4.90 Å². The Labute approximate surface area is 134 Å². The third kappa shape index (κ3) is 4.07. The van der Waals surface area contributed by atoms with Crippen molar-refractivity contribution in [2.24, 2.45) is 0 Å². The number of anilines is 1. The number of methoxy groups -OCH3 is 1. The quantitative estimate of drug-likeness (QED) is 0.593. The molecule has 23 heavy (non-hydrogen) atoms. The van der Waals surface area contributed by atoms with Gasteiger partial charge in [-0.05, 0) is 30.7 Å². The van der Waals surface area contributed by atoms with Crippen LogP contribution in [0, 0.1) is 0 Å². The Balaban J connectivity index is 2.03. The molecule has 1 atom stereocenters. The molecule has 2 amide bonds. The summed E-state index contributed by atoms with van der Waals surface area (Å²) < 4.78 is 9.98. The van der Waals surface area contributed by atoms with Crippen LogP contribution in [0.2, 0.25) is 0 Å². The highest BCUT2D eigenvalue weighted by molar-refractivity contribution is 6.22. The lowest BCUT2D eigenvalue weighted by Gasteiger charge is -2.16. The van der Waals surface area contributed by atoms with Crippen LogP contribution in [-0.2, 0) is 19.1 Å². The fraction of sp³-hybridized carbons (Fsp3) is 0.438. The van der Waals surface area contributed by atoms with Gasteiger partial charge in [0.25, 0.3) is 5.91 Å². The summed E-state index contributed by atoms with van der Waals surface area (Å²) in [6.07, 6.45) is 0.919. The molecule has 2 rings (SSSR count). The Bertz CT molecular complexity index is 585. The summed E-state index contributed by atoms with van der Waals surface area (Å²) in [5.41, 5.74) is 0.492. The summed E-state index contributed by atoms with van der Waals surface area (Å²) >= 11 is 0. The van der Waals surface area contributed by atoms with Crippen LogP contribution in [0.25, 0.3) is 0 Å². The van der Waals surface area contributed by atoms with Gasteiger partial charge in [-0.1, -0.05) is 6.92 Å². The summed E-state index contributed by atoms with van der Waals surface area (Å²) in [6.45, 7) is 2.51. The monoisotopic (exact) mass is 320 g/mol. The Morgan fingerprint density at radius 3 is 2.61 bits per heavy atom. The number of carbonyl (C=O) groups excluding carboxylic acids is 3. The van der Waals surface area contributed by atoms with Crippen molar-refractivity contribution in [1.82, 2.24) is 5.32 Å². The van der Waals surface area contributed by atoms with Crippen molar-refractivity contribution in [3.63, 3.8) is 0 Å². The van der Waals surface area contributed by atoms with Crippen LogP contribution in [0.5, 0.6) is 5.75 Å². The van der Waals surface area contributed by atoms with Gasteiger partial charge >= 0.3 is 5.97 Å². The molecule has 1 saturated heterocycles. The molecule has 0 aliphatic carbocycles. The normalized spacial score (nSPS) is 17.5. The van der Waals surface area contributed by atoms with Crippen LogP contribution in [0.3, 0.4) is 0 Å². The van der Waals surface area contributed by atoms with Crippen LogP contribution < -0.4 is 15.0 Å². The maximum absolute atomic E-state index is 12.3. The SMILES string of the molecule is CCCOc1ccc(N2C(=O)CC(NCC(=O)OC)C2=O)cc1. The number of hydrogen-bond acceptors (Lipinski definition) is 6. The molecule has 1 aliphatic heterocycles. The van der Waals surface area contributed by atoms with Gasteiger partial charge in [-0.3, -0.25) is 19.7 Å². The van der Waals surface area contributed by atoms with Crippen LogP contribution in [0.4, 0.5) is 5.69 Å². The zero-order valence-corrected chi connectivity index (χ0v) is 13.2. The largest absolute Gasteiger partial charge is 0.494 e. The van der Waals surface area contributed by atoms with Gasteiger partial charge in [0, 0.05) is 0 Å². The second-order valence-electron chi connectivity index (χ2n) is 5.12. The van der Waals surface area contributed by atoms with Crippen molar-refractivity contribution in [2.45, 2.75) is 25.8 Å². The van der Waals surface area contributed by atoms with E-state index in [0.29, 0.717) is 18.0 Å². The smallest absolute Gasteiger partial charge is 0.319 e. The molecule has 0 radical (unpaired) electrons. The van der Waals surface area contributed by atoms with Crippen molar-refractivity contribution in [3.05, 3.63) is 24.3 Å². The van der Waals surface area contributed by atoms with E-state index in [1.807, 2.05) is 6.92 Å². The second-order valence-corrected chi connectivity index (χ2v) is 5.12. The van der Waals surface area contributed by atoms with Crippen molar-refractivity contribution in [3.8, 4) is 5.75 Å². The van der Waals surface area contributed by atoms with Crippen LogP contribution >= 0.6 is 0 Å². The Hall–Kier alpha value is -2.41. The number of amides is 2. The molecule has 0 spiro atoms. The number of imide groups is 1. The average Bonchev–Trinajstić information content (AvgIpc) is 2.85. The zero-order chi connectivity index (χ0) is 16.8. The van der Waals surface area contributed by atoms with Gasteiger partial charge < -0.3 is 9.47 Å². The van der Waals surface area contributed by atoms with Crippen molar-refractivity contribution in [2.75, 3.05) is 25.2 Å². The first-order valence-electron chi connectivity index (χ1n) is 7.46. The number of hydrogen-bond donors (Lipinski definition) is 1. The van der Waals surface area contributed by atoms with Gasteiger partial charge in [0.1, 0.15) is 5.75 Å². The van der Waals surface area contributed by atoms with Gasteiger partial charge in [-0.2, -0.15) is 0 Å². The molecule has 0 aromatic heterocycles. The third-order valence-corrected chi connectivity index (χ3v) is 3.43. The predicted octanol–water partition coefficient (Wildman–Crippen LogP) is 0.870. The molecule has 1 aromatic rings. The van der Waals surface area contributed by atoms with E-state index in [-0.39, 0.29) is 24.8 Å². The van der Waals surface area contributed by atoms with Crippen molar-refractivity contribution < 1.29 is 23.9 Å². The van der Waals surface area contributed by atoms with Crippen molar-refractivity contribution >= 4 is 23.5 Å². The molecule has 1 aliphatic rings. The first-order chi connectivity index (χ1) is 11.1. The number of nitrogens with one attached hydrogen (secondary N) is 1. The summed E-state index contributed by atoms with van der Waals surface area (Å²) in [5, 5.41) is 2.74. The van der Waals surface area contributed by atoms with Gasteiger partial charge in [0.05, 0.1) is 38.4 Å². The second kappa shape index (κ2) is 7.73. The van der Waals surface area contributed by atoms with E-state index in [4.69, 9.17) is 4.74 Å². The number of nitrogens with zero attached hydrogens (tertiary/aromatic N) is 1. The molecule has 1 unspecified atom stereocenters. The molecule has 1 aromatic carbocycles. The van der Waals surface area contributed by atoms with E-state index in [1.54, 1.807) is 24.3 Å². The molecular weight excluding hydrogens is 300 g/mol. The summed E-state index contributed by atoms with van der Waals surface area (Å²) in [5.74, 6) is -0.475. The van der Waals surface area contributed by atoms with E-state index < -0.39 is 12.0 Å². The minimum absolute atomic E-state index is 0.0178. The number of rotatable bonds is 7. The number of ether oxygens (including phenoxy) is 2. The topological polar surface area (TPSA) is 84.9 Å². The highest BCUT2D eigenvalue weighted by atomic mass is 16.5. The van der Waals surface area contributed by atoms with Gasteiger partial charge in [0.15, 0.2) is 0 Å². The standard InChI is InChI=1S/C16H20N2O5/c1-3-8-23-12-6-4-11(5-7-12)18-14(19)9-13(16(18)21)17-10-15(20)22-2/h4-7,13,17H,3,8-10H2,1-2H3. The molecule has 124 valence electrons. The lowest BCUT2D eigenvalue weighted by Crippen LogP contribution is -2.41. The van der Waals surface area contributed by atoms with E-state index in [1.165, 1.54) is 7.11 Å². The lowest BCUT2D eigenvalue weighted by atomic mass is 10.2. The molecule has 1 heterocycles. The highest BCUT2D eigenvalue weighted by Gasteiger charge is 2.39. The fourth-order valence-electron chi connectivity index (χ4n) is 2.25. The molecule has 7 heteroatoms. The Morgan fingerprint density at radius 2 is 2.00 bits per heavy atom.